The van der Waals surface area contributed by atoms with E-state index in [0.29, 0.717) is 19.4 Å². The number of carbonyl (C=O) groups is 2. The summed E-state index contributed by atoms with van der Waals surface area (Å²) in [6.07, 6.45) is 1.81. The Morgan fingerprint density at radius 2 is 1.37 bits per heavy atom. The van der Waals surface area contributed by atoms with Crippen molar-refractivity contribution in [3.63, 3.8) is 0 Å². The highest BCUT2D eigenvalue weighted by Crippen LogP contribution is 2.10. The lowest BCUT2D eigenvalue weighted by Gasteiger charge is -2.29. The molecule has 2 rings (SSSR count). The quantitative estimate of drug-likeness (QED) is 0.737. The van der Waals surface area contributed by atoms with E-state index in [4.69, 9.17) is 0 Å². The molecule has 0 spiro atoms. The first kappa shape index (κ1) is 20.7. The molecule has 0 aliphatic rings. The van der Waals surface area contributed by atoms with Gasteiger partial charge in [0.1, 0.15) is 6.04 Å². The largest absolute Gasteiger partial charge is 0.352 e. The first-order valence-corrected chi connectivity index (χ1v) is 9.65. The fraction of sp³-hybridized carbons (Fsp3) is 0.391. The molecule has 0 heterocycles. The fourth-order valence-electron chi connectivity index (χ4n) is 3.01. The third-order valence-corrected chi connectivity index (χ3v) is 4.55. The lowest BCUT2D eigenvalue weighted by Crippen LogP contribution is -2.50. The average Bonchev–Trinajstić information content (AvgIpc) is 2.67. The van der Waals surface area contributed by atoms with E-state index in [9.17, 15) is 9.59 Å². The Bertz CT molecular complexity index is 714. The molecule has 0 saturated heterocycles. The smallest absolute Gasteiger partial charge is 0.242 e. The van der Waals surface area contributed by atoms with Gasteiger partial charge in [-0.25, -0.2) is 0 Å². The molecular formula is C23H30N2O2. The van der Waals surface area contributed by atoms with Gasteiger partial charge < -0.3 is 10.2 Å². The maximum Gasteiger partial charge on any atom is 0.242 e. The highest BCUT2D eigenvalue weighted by atomic mass is 16.2. The molecule has 1 N–H and O–H groups in total. The predicted octanol–water partition coefficient (Wildman–Crippen LogP) is 3.60. The van der Waals surface area contributed by atoms with Gasteiger partial charge in [0, 0.05) is 19.0 Å². The molecule has 0 aliphatic carbocycles. The zero-order valence-corrected chi connectivity index (χ0v) is 16.5. The monoisotopic (exact) mass is 366 g/mol. The molecule has 0 radical (unpaired) electrons. The van der Waals surface area contributed by atoms with E-state index >= 15 is 0 Å². The Morgan fingerprint density at radius 1 is 0.852 bits per heavy atom. The standard InChI is InChI=1S/C23H30N2O2/c1-18(2)24-23(27)19(3)25(17-16-21-12-8-5-9-13-21)22(26)15-14-20-10-6-4-7-11-20/h4-13,18-19H,14-17H2,1-3H3,(H,24,27). The lowest BCUT2D eigenvalue weighted by atomic mass is 10.1. The number of hydrogen-bond donors (Lipinski definition) is 1. The molecule has 2 aromatic rings. The molecule has 27 heavy (non-hydrogen) atoms. The van der Waals surface area contributed by atoms with Crippen LogP contribution in [0.25, 0.3) is 0 Å². The Morgan fingerprint density at radius 3 is 1.89 bits per heavy atom. The van der Waals surface area contributed by atoms with Crippen molar-refractivity contribution in [1.29, 1.82) is 0 Å². The second kappa shape index (κ2) is 10.5. The number of nitrogens with zero attached hydrogens (tertiary/aromatic N) is 1. The van der Waals surface area contributed by atoms with E-state index in [-0.39, 0.29) is 17.9 Å². The Hall–Kier alpha value is -2.62. The van der Waals surface area contributed by atoms with Crippen LogP contribution in [-0.4, -0.2) is 35.3 Å². The van der Waals surface area contributed by atoms with Gasteiger partial charge in [-0.3, -0.25) is 9.59 Å². The van der Waals surface area contributed by atoms with Crippen LogP contribution in [0.5, 0.6) is 0 Å². The first-order chi connectivity index (χ1) is 13.0. The normalized spacial score (nSPS) is 11.9. The number of rotatable bonds is 9. The van der Waals surface area contributed by atoms with Crippen molar-refractivity contribution in [2.24, 2.45) is 0 Å². The summed E-state index contributed by atoms with van der Waals surface area (Å²) >= 11 is 0. The summed E-state index contributed by atoms with van der Waals surface area (Å²) in [7, 11) is 0. The highest BCUT2D eigenvalue weighted by molar-refractivity contribution is 5.87. The summed E-state index contributed by atoms with van der Waals surface area (Å²) in [5.74, 6) is -0.0905. The minimum atomic E-state index is -0.487. The first-order valence-electron chi connectivity index (χ1n) is 9.65. The lowest BCUT2D eigenvalue weighted by molar-refractivity contribution is -0.140. The maximum absolute atomic E-state index is 12.9. The molecule has 0 aromatic heterocycles. The van der Waals surface area contributed by atoms with Crippen LogP contribution in [0.3, 0.4) is 0 Å². The van der Waals surface area contributed by atoms with Gasteiger partial charge in [-0.1, -0.05) is 60.7 Å². The van der Waals surface area contributed by atoms with Crippen molar-refractivity contribution in [2.45, 2.75) is 52.1 Å². The molecule has 1 unspecified atom stereocenters. The molecule has 0 saturated carbocycles. The fourth-order valence-corrected chi connectivity index (χ4v) is 3.01. The maximum atomic E-state index is 12.9. The van der Waals surface area contributed by atoms with Gasteiger partial charge in [-0.05, 0) is 44.7 Å². The van der Waals surface area contributed by atoms with Crippen LogP contribution >= 0.6 is 0 Å². The van der Waals surface area contributed by atoms with Crippen molar-refractivity contribution in [1.82, 2.24) is 10.2 Å². The van der Waals surface area contributed by atoms with Crippen LogP contribution in [-0.2, 0) is 22.4 Å². The SMILES string of the molecule is CC(C)NC(=O)C(C)N(CCc1ccccc1)C(=O)CCc1ccccc1. The van der Waals surface area contributed by atoms with E-state index in [0.717, 1.165) is 17.5 Å². The zero-order valence-electron chi connectivity index (χ0n) is 16.5. The summed E-state index contributed by atoms with van der Waals surface area (Å²) < 4.78 is 0. The van der Waals surface area contributed by atoms with Crippen LogP contribution in [0, 0.1) is 0 Å². The molecule has 0 fully saturated rings. The molecular weight excluding hydrogens is 336 g/mol. The van der Waals surface area contributed by atoms with Gasteiger partial charge in [0.15, 0.2) is 0 Å². The summed E-state index contributed by atoms with van der Waals surface area (Å²) in [6, 6.07) is 19.6. The minimum absolute atomic E-state index is 0.0150. The van der Waals surface area contributed by atoms with E-state index in [1.165, 1.54) is 0 Å². The summed E-state index contributed by atoms with van der Waals surface area (Å²) in [5, 5.41) is 2.92. The van der Waals surface area contributed by atoms with Crippen molar-refractivity contribution >= 4 is 11.8 Å². The van der Waals surface area contributed by atoms with Crippen molar-refractivity contribution in [2.75, 3.05) is 6.54 Å². The van der Waals surface area contributed by atoms with Gasteiger partial charge in [-0.15, -0.1) is 0 Å². The molecule has 4 heteroatoms. The number of aryl methyl sites for hydroxylation is 1. The third-order valence-electron chi connectivity index (χ3n) is 4.55. The Balaban J connectivity index is 2.04. The van der Waals surface area contributed by atoms with Crippen LogP contribution in [0.4, 0.5) is 0 Å². The number of nitrogens with one attached hydrogen (secondary N) is 1. The van der Waals surface area contributed by atoms with Crippen LogP contribution in [0.2, 0.25) is 0 Å². The van der Waals surface area contributed by atoms with Crippen molar-refractivity contribution in [3.05, 3.63) is 71.8 Å². The van der Waals surface area contributed by atoms with Gasteiger partial charge in [0.05, 0.1) is 0 Å². The second-order valence-electron chi connectivity index (χ2n) is 7.15. The summed E-state index contributed by atoms with van der Waals surface area (Å²) in [5.41, 5.74) is 2.29. The molecule has 144 valence electrons. The number of amides is 2. The number of hydrogen-bond acceptors (Lipinski definition) is 2. The Labute approximate surface area is 162 Å². The Kier molecular flexibility index (Phi) is 8.05. The highest BCUT2D eigenvalue weighted by Gasteiger charge is 2.25. The molecule has 2 amide bonds. The van der Waals surface area contributed by atoms with Gasteiger partial charge in [0.2, 0.25) is 11.8 Å². The third kappa shape index (κ3) is 6.89. The topological polar surface area (TPSA) is 49.4 Å². The van der Waals surface area contributed by atoms with Gasteiger partial charge in [0.25, 0.3) is 0 Å². The van der Waals surface area contributed by atoms with E-state index < -0.39 is 6.04 Å². The average molecular weight is 367 g/mol. The molecule has 0 bridgehead atoms. The summed E-state index contributed by atoms with van der Waals surface area (Å²) in [4.78, 5) is 27.1. The molecule has 4 nitrogen and oxygen atoms in total. The van der Waals surface area contributed by atoms with Crippen molar-refractivity contribution < 1.29 is 9.59 Å². The molecule has 2 aromatic carbocycles. The van der Waals surface area contributed by atoms with E-state index in [2.05, 4.69) is 5.32 Å². The summed E-state index contributed by atoms with van der Waals surface area (Å²) in [6.45, 7) is 6.19. The molecule has 1 atom stereocenters. The number of benzene rings is 2. The number of carbonyl (C=O) groups excluding carboxylic acids is 2. The van der Waals surface area contributed by atoms with E-state index in [1.807, 2.05) is 81.4 Å². The van der Waals surface area contributed by atoms with Crippen LogP contribution in [0.1, 0.15) is 38.3 Å². The van der Waals surface area contributed by atoms with Crippen LogP contribution in [0.15, 0.2) is 60.7 Å². The van der Waals surface area contributed by atoms with Crippen molar-refractivity contribution in [3.8, 4) is 0 Å². The minimum Gasteiger partial charge on any atom is -0.352 e. The predicted molar refractivity (Wildman–Crippen MR) is 109 cm³/mol. The van der Waals surface area contributed by atoms with Gasteiger partial charge in [-0.2, -0.15) is 0 Å². The van der Waals surface area contributed by atoms with E-state index in [1.54, 1.807) is 4.90 Å². The van der Waals surface area contributed by atoms with Gasteiger partial charge >= 0.3 is 0 Å². The second-order valence-corrected chi connectivity index (χ2v) is 7.15. The zero-order chi connectivity index (χ0) is 19.6. The van der Waals surface area contributed by atoms with Crippen LogP contribution < -0.4 is 5.32 Å². The molecule has 0 aliphatic heterocycles.